The molecule has 0 unspecified atom stereocenters. The maximum absolute atomic E-state index is 13.3. The minimum atomic E-state index is -1.16. The molecule has 1 heterocycles. The minimum absolute atomic E-state index is 0.289. The van der Waals surface area contributed by atoms with Crippen LogP contribution < -0.4 is 5.32 Å². The molecular weight excluding hydrogens is 207 g/mol. The van der Waals surface area contributed by atoms with E-state index < -0.39 is 23.6 Å². The predicted molar refractivity (Wildman–Crippen MR) is 47.9 cm³/mol. The molecule has 1 N–H and O–H groups in total. The number of morpholine rings is 1. The third-order valence-electron chi connectivity index (χ3n) is 2.33. The Balaban J connectivity index is 2.36. The van der Waals surface area contributed by atoms with Crippen molar-refractivity contribution in [2.45, 2.75) is 6.10 Å². The van der Waals surface area contributed by atoms with Gasteiger partial charge in [0.2, 0.25) is 0 Å². The third kappa shape index (κ3) is 1.98. The molecule has 0 spiro atoms. The Morgan fingerprint density at radius 2 is 1.93 bits per heavy atom. The first-order valence-electron chi connectivity index (χ1n) is 4.66. The number of hydrogen-bond donors (Lipinski definition) is 1. The number of halogens is 3. The van der Waals surface area contributed by atoms with Crippen LogP contribution in [-0.4, -0.2) is 19.7 Å². The molecule has 1 aliphatic heterocycles. The fraction of sp³-hybridized carbons (Fsp3) is 0.400. The van der Waals surface area contributed by atoms with Crippen LogP contribution in [0.4, 0.5) is 13.2 Å². The van der Waals surface area contributed by atoms with E-state index in [2.05, 4.69) is 5.32 Å². The van der Waals surface area contributed by atoms with Gasteiger partial charge in [-0.1, -0.05) is 0 Å². The molecule has 0 aromatic heterocycles. The van der Waals surface area contributed by atoms with Crippen LogP contribution in [0.2, 0.25) is 0 Å². The molecule has 2 rings (SSSR count). The summed E-state index contributed by atoms with van der Waals surface area (Å²) in [6.45, 7) is 1.28. The van der Waals surface area contributed by atoms with Crippen LogP contribution in [0, 0.1) is 17.5 Å². The predicted octanol–water partition coefficient (Wildman–Crippen LogP) is 1.76. The lowest BCUT2D eigenvalue weighted by Crippen LogP contribution is -2.34. The highest BCUT2D eigenvalue weighted by Gasteiger charge is 2.25. The van der Waals surface area contributed by atoms with E-state index in [1.54, 1.807) is 0 Å². The Kier molecular flexibility index (Phi) is 2.93. The smallest absolute Gasteiger partial charge is 0.167 e. The third-order valence-corrected chi connectivity index (χ3v) is 2.33. The topological polar surface area (TPSA) is 21.3 Å². The summed E-state index contributed by atoms with van der Waals surface area (Å²) in [4.78, 5) is 0. The van der Waals surface area contributed by atoms with E-state index in [-0.39, 0.29) is 12.1 Å². The molecule has 15 heavy (non-hydrogen) atoms. The van der Waals surface area contributed by atoms with Crippen molar-refractivity contribution in [2.75, 3.05) is 19.7 Å². The number of rotatable bonds is 1. The highest BCUT2D eigenvalue weighted by atomic mass is 19.2. The molecular formula is C10H10F3NO. The van der Waals surface area contributed by atoms with Crippen molar-refractivity contribution in [3.05, 3.63) is 35.1 Å². The normalized spacial score (nSPS) is 21.7. The molecule has 1 fully saturated rings. The van der Waals surface area contributed by atoms with E-state index in [1.165, 1.54) is 0 Å². The van der Waals surface area contributed by atoms with Crippen molar-refractivity contribution >= 4 is 0 Å². The first kappa shape index (κ1) is 10.4. The Labute approximate surface area is 85.0 Å². The van der Waals surface area contributed by atoms with Gasteiger partial charge in [0, 0.05) is 13.1 Å². The maximum Gasteiger partial charge on any atom is 0.167 e. The monoisotopic (exact) mass is 217 g/mol. The minimum Gasteiger partial charge on any atom is -0.371 e. The summed E-state index contributed by atoms with van der Waals surface area (Å²) in [6.07, 6.45) is -0.755. The first-order valence-corrected chi connectivity index (χ1v) is 4.66. The van der Waals surface area contributed by atoms with E-state index >= 15 is 0 Å². The fourth-order valence-corrected chi connectivity index (χ4v) is 1.59. The van der Waals surface area contributed by atoms with Gasteiger partial charge < -0.3 is 10.1 Å². The van der Waals surface area contributed by atoms with E-state index in [9.17, 15) is 13.2 Å². The molecule has 0 amide bonds. The summed E-state index contributed by atoms with van der Waals surface area (Å²) in [7, 11) is 0. The van der Waals surface area contributed by atoms with Gasteiger partial charge in [-0.05, 0) is 12.1 Å². The molecule has 1 aromatic carbocycles. The zero-order chi connectivity index (χ0) is 10.8. The summed E-state index contributed by atoms with van der Waals surface area (Å²) < 4.78 is 44.7. The molecule has 0 saturated carbocycles. The Morgan fingerprint density at radius 1 is 1.20 bits per heavy atom. The van der Waals surface area contributed by atoms with Crippen molar-refractivity contribution in [2.24, 2.45) is 0 Å². The number of ether oxygens (including phenoxy) is 1. The summed E-state index contributed by atoms with van der Waals surface area (Å²) in [5.41, 5.74) is -0.331. The molecule has 0 bridgehead atoms. The van der Waals surface area contributed by atoms with Gasteiger partial charge in [0.1, 0.15) is 11.9 Å². The van der Waals surface area contributed by atoms with Gasteiger partial charge in [-0.2, -0.15) is 0 Å². The summed E-state index contributed by atoms with van der Waals surface area (Å²) >= 11 is 0. The molecule has 1 saturated heterocycles. The van der Waals surface area contributed by atoms with Crippen LogP contribution in [0.25, 0.3) is 0 Å². The number of nitrogens with one attached hydrogen (secondary N) is 1. The van der Waals surface area contributed by atoms with Gasteiger partial charge in [-0.15, -0.1) is 0 Å². The SMILES string of the molecule is Fc1ccc(F)c([C@H]2CNCCO2)c1F. The van der Waals surface area contributed by atoms with E-state index in [0.29, 0.717) is 13.2 Å². The molecule has 1 aromatic rings. The summed E-state index contributed by atoms with van der Waals surface area (Å²) in [5.74, 6) is -2.99. The van der Waals surface area contributed by atoms with Crippen LogP contribution in [-0.2, 0) is 4.74 Å². The first-order chi connectivity index (χ1) is 7.20. The highest BCUT2D eigenvalue weighted by molar-refractivity contribution is 5.24. The van der Waals surface area contributed by atoms with Gasteiger partial charge in [-0.3, -0.25) is 0 Å². The number of hydrogen-bond acceptors (Lipinski definition) is 2. The van der Waals surface area contributed by atoms with E-state index in [0.717, 1.165) is 12.1 Å². The average Bonchev–Trinajstić information content (AvgIpc) is 2.26. The van der Waals surface area contributed by atoms with Crippen molar-refractivity contribution in [1.29, 1.82) is 0 Å². The largest absolute Gasteiger partial charge is 0.371 e. The van der Waals surface area contributed by atoms with Crippen molar-refractivity contribution < 1.29 is 17.9 Å². The lowest BCUT2D eigenvalue weighted by Gasteiger charge is -2.24. The second-order valence-corrected chi connectivity index (χ2v) is 3.32. The van der Waals surface area contributed by atoms with Crippen LogP contribution in [0.3, 0.4) is 0 Å². The highest BCUT2D eigenvalue weighted by Crippen LogP contribution is 2.26. The zero-order valence-corrected chi connectivity index (χ0v) is 7.90. The Morgan fingerprint density at radius 3 is 2.60 bits per heavy atom. The van der Waals surface area contributed by atoms with Crippen LogP contribution in [0.5, 0.6) is 0 Å². The van der Waals surface area contributed by atoms with Crippen molar-refractivity contribution in [3.8, 4) is 0 Å². The van der Waals surface area contributed by atoms with Gasteiger partial charge in [0.15, 0.2) is 11.6 Å². The molecule has 5 heteroatoms. The lowest BCUT2D eigenvalue weighted by molar-refractivity contribution is 0.0228. The Bertz CT molecular complexity index is 364. The Hall–Kier alpha value is -1.07. The standard InChI is InChI=1S/C10H10F3NO/c11-6-1-2-7(12)10(13)9(6)8-5-14-3-4-15-8/h1-2,8,14H,3-5H2/t8-/m1/s1. The van der Waals surface area contributed by atoms with Crippen molar-refractivity contribution in [1.82, 2.24) is 5.32 Å². The quantitative estimate of drug-likeness (QED) is 0.724. The fourth-order valence-electron chi connectivity index (χ4n) is 1.59. The van der Waals surface area contributed by atoms with Crippen LogP contribution >= 0.6 is 0 Å². The van der Waals surface area contributed by atoms with E-state index in [4.69, 9.17) is 4.74 Å². The van der Waals surface area contributed by atoms with Crippen LogP contribution in [0.1, 0.15) is 11.7 Å². The second kappa shape index (κ2) is 4.20. The average molecular weight is 217 g/mol. The van der Waals surface area contributed by atoms with Crippen molar-refractivity contribution in [3.63, 3.8) is 0 Å². The van der Waals surface area contributed by atoms with Crippen LogP contribution in [0.15, 0.2) is 12.1 Å². The lowest BCUT2D eigenvalue weighted by atomic mass is 10.1. The second-order valence-electron chi connectivity index (χ2n) is 3.32. The van der Waals surface area contributed by atoms with Gasteiger partial charge >= 0.3 is 0 Å². The van der Waals surface area contributed by atoms with Gasteiger partial charge in [0.05, 0.1) is 12.2 Å². The zero-order valence-electron chi connectivity index (χ0n) is 7.90. The molecule has 1 aliphatic rings. The molecule has 82 valence electrons. The molecule has 0 aliphatic carbocycles. The molecule has 0 radical (unpaired) electrons. The maximum atomic E-state index is 13.3. The van der Waals surface area contributed by atoms with Gasteiger partial charge in [-0.25, -0.2) is 13.2 Å². The molecule has 2 nitrogen and oxygen atoms in total. The van der Waals surface area contributed by atoms with Gasteiger partial charge in [0.25, 0.3) is 0 Å². The molecule has 1 atom stereocenters. The summed E-state index contributed by atoms with van der Waals surface area (Å²) in [6, 6.07) is 1.68. The van der Waals surface area contributed by atoms with E-state index in [1.807, 2.05) is 0 Å². The summed E-state index contributed by atoms with van der Waals surface area (Å²) in [5, 5.41) is 2.93. The number of benzene rings is 1.